The number of nitrogens with zero attached hydrogens (tertiary/aromatic N) is 2. The van der Waals surface area contributed by atoms with Crippen LogP contribution in [0.15, 0.2) is 16.7 Å². The van der Waals surface area contributed by atoms with Crippen molar-refractivity contribution in [3.8, 4) is 0 Å². The second-order valence-electron chi connectivity index (χ2n) is 6.49. The van der Waals surface area contributed by atoms with Crippen molar-refractivity contribution in [1.82, 2.24) is 15.1 Å². The summed E-state index contributed by atoms with van der Waals surface area (Å²) in [6.07, 6.45) is 5.64. The Hall–Kier alpha value is -0.840. The van der Waals surface area contributed by atoms with Gasteiger partial charge in [-0.2, -0.15) is 0 Å². The lowest BCUT2D eigenvalue weighted by atomic mass is 9.96. The van der Waals surface area contributed by atoms with Crippen LogP contribution in [0.4, 0.5) is 0 Å². The Labute approximate surface area is 129 Å². The maximum atomic E-state index is 5.68. The fraction of sp³-hybridized carbons (Fsp3) is 0.765. The van der Waals surface area contributed by atoms with Crippen LogP contribution in [0.2, 0.25) is 0 Å². The topological polar surface area (TPSA) is 31.7 Å². The van der Waals surface area contributed by atoms with Gasteiger partial charge in [0, 0.05) is 18.7 Å². The monoisotopic (exact) mass is 293 g/mol. The highest BCUT2D eigenvalue weighted by molar-refractivity contribution is 5.16. The zero-order valence-corrected chi connectivity index (χ0v) is 13.9. The summed E-state index contributed by atoms with van der Waals surface area (Å²) in [6.45, 7) is 8.76. The normalized spacial score (nSPS) is 17.7. The molecule has 1 N–H and O–H groups in total. The predicted octanol–water partition coefficient (Wildman–Crippen LogP) is 2.55. The van der Waals surface area contributed by atoms with Crippen LogP contribution in [-0.2, 0) is 13.1 Å². The van der Waals surface area contributed by atoms with E-state index in [0.717, 1.165) is 31.3 Å². The van der Waals surface area contributed by atoms with Crippen LogP contribution < -0.4 is 5.32 Å². The lowest BCUT2D eigenvalue weighted by Crippen LogP contribution is -2.35. The summed E-state index contributed by atoms with van der Waals surface area (Å²) in [6, 6.07) is 2.10. The summed E-state index contributed by atoms with van der Waals surface area (Å²) in [4.78, 5) is 4.85. The molecule has 1 saturated heterocycles. The third-order valence-electron chi connectivity index (χ3n) is 4.40. The van der Waals surface area contributed by atoms with Gasteiger partial charge in [0.1, 0.15) is 5.76 Å². The second kappa shape index (κ2) is 8.57. The van der Waals surface area contributed by atoms with Gasteiger partial charge in [0.2, 0.25) is 0 Å². The van der Waals surface area contributed by atoms with E-state index < -0.39 is 0 Å². The number of piperidine rings is 1. The maximum absolute atomic E-state index is 5.68. The van der Waals surface area contributed by atoms with Crippen molar-refractivity contribution in [1.29, 1.82) is 0 Å². The first-order valence-corrected chi connectivity index (χ1v) is 8.32. The van der Waals surface area contributed by atoms with E-state index in [4.69, 9.17) is 4.42 Å². The minimum atomic E-state index is 0.836. The highest BCUT2D eigenvalue weighted by Gasteiger charge is 2.19. The van der Waals surface area contributed by atoms with Gasteiger partial charge < -0.3 is 14.6 Å². The molecule has 2 rings (SSSR count). The molecule has 1 aliphatic rings. The predicted molar refractivity (Wildman–Crippen MR) is 87.3 cm³/mol. The first-order valence-electron chi connectivity index (χ1n) is 8.32. The molecule has 1 fully saturated rings. The smallest absolute Gasteiger partial charge is 0.122 e. The Morgan fingerprint density at radius 2 is 2.14 bits per heavy atom. The summed E-state index contributed by atoms with van der Waals surface area (Å²) in [5.41, 5.74) is 1.30. The molecule has 21 heavy (non-hydrogen) atoms. The van der Waals surface area contributed by atoms with E-state index in [0.29, 0.717) is 0 Å². The molecule has 120 valence electrons. The second-order valence-corrected chi connectivity index (χ2v) is 6.49. The van der Waals surface area contributed by atoms with Crippen LogP contribution >= 0.6 is 0 Å². The van der Waals surface area contributed by atoms with Gasteiger partial charge in [-0.3, -0.25) is 4.90 Å². The van der Waals surface area contributed by atoms with Gasteiger partial charge >= 0.3 is 0 Å². The minimum absolute atomic E-state index is 0.836. The van der Waals surface area contributed by atoms with Gasteiger partial charge in [0.25, 0.3) is 0 Å². The van der Waals surface area contributed by atoms with E-state index in [1.54, 1.807) is 0 Å². The van der Waals surface area contributed by atoms with Crippen LogP contribution in [0.3, 0.4) is 0 Å². The number of rotatable bonds is 8. The van der Waals surface area contributed by atoms with Crippen molar-refractivity contribution in [2.45, 2.75) is 39.3 Å². The van der Waals surface area contributed by atoms with Crippen LogP contribution in [-0.4, -0.2) is 50.1 Å². The van der Waals surface area contributed by atoms with Gasteiger partial charge in [-0.25, -0.2) is 0 Å². The van der Waals surface area contributed by atoms with Crippen LogP contribution in [0.25, 0.3) is 0 Å². The van der Waals surface area contributed by atoms with Crippen molar-refractivity contribution in [2.75, 3.05) is 40.3 Å². The van der Waals surface area contributed by atoms with E-state index in [9.17, 15) is 0 Å². The van der Waals surface area contributed by atoms with Gasteiger partial charge in [-0.15, -0.1) is 0 Å². The molecular weight excluding hydrogens is 262 g/mol. The zero-order valence-electron chi connectivity index (χ0n) is 13.9. The third kappa shape index (κ3) is 5.46. The molecule has 0 radical (unpaired) electrons. The lowest BCUT2D eigenvalue weighted by molar-refractivity contribution is 0.168. The van der Waals surface area contributed by atoms with Crippen LogP contribution in [0, 0.1) is 5.92 Å². The standard InChI is InChI=1S/C17H31N3O/c1-4-8-18-12-16-7-11-21-17(16)14-20(3)13-15-5-9-19(2)10-6-15/h7,11,15,18H,4-6,8-10,12-14H2,1-3H3. The van der Waals surface area contributed by atoms with E-state index in [2.05, 4.69) is 42.2 Å². The highest BCUT2D eigenvalue weighted by atomic mass is 16.3. The number of hydrogen-bond donors (Lipinski definition) is 1. The minimum Gasteiger partial charge on any atom is -0.468 e. The SMILES string of the molecule is CCCNCc1ccoc1CN(C)CC1CCN(C)CC1. The molecule has 0 amide bonds. The van der Waals surface area contributed by atoms with E-state index in [-0.39, 0.29) is 0 Å². The molecule has 0 saturated carbocycles. The molecule has 0 aromatic carbocycles. The highest BCUT2D eigenvalue weighted by Crippen LogP contribution is 2.19. The van der Waals surface area contributed by atoms with E-state index >= 15 is 0 Å². The van der Waals surface area contributed by atoms with E-state index in [1.807, 2.05) is 6.26 Å². The third-order valence-corrected chi connectivity index (χ3v) is 4.40. The molecule has 4 heteroatoms. The Kier molecular flexibility index (Phi) is 6.74. The van der Waals surface area contributed by atoms with Gasteiger partial charge in [-0.05, 0) is 65.0 Å². The van der Waals surface area contributed by atoms with Gasteiger partial charge in [0.15, 0.2) is 0 Å². The maximum Gasteiger partial charge on any atom is 0.122 e. The average Bonchev–Trinajstić information content (AvgIpc) is 2.89. The molecule has 2 heterocycles. The van der Waals surface area contributed by atoms with Gasteiger partial charge in [-0.1, -0.05) is 6.92 Å². The van der Waals surface area contributed by atoms with Gasteiger partial charge in [0.05, 0.1) is 12.8 Å². The Morgan fingerprint density at radius 1 is 1.38 bits per heavy atom. The molecule has 0 spiro atoms. The number of furan rings is 1. The zero-order chi connectivity index (χ0) is 15.1. The molecule has 0 aliphatic carbocycles. The summed E-state index contributed by atoms with van der Waals surface area (Å²) >= 11 is 0. The lowest BCUT2D eigenvalue weighted by Gasteiger charge is -2.31. The van der Waals surface area contributed by atoms with Crippen LogP contribution in [0.1, 0.15) is 37.5 Å². The largest absolute Gasteiger partial charge is 0.468 e. The first-order chi connectivity index (χ1) is 10.2. The molecule has 1 aliphatic heterocycles. The molecule has 4 nitrogen and oxygen atoms in total. The number of nitrogens with one attached hydrogen (secondary N) is 1. The first kappa shape index (κ1) is 16.5. The average molecular weight is 293 g/mol. The molecule has 0 bridgehead atoms. The fourth-order valence-electron chi connectivity index (χ4n) is 3.06. The number of likely N-dealkylation sites (tertiary alicyclic amines) is 1. The molecule has 0 atom stereocenters. The van der Waals surface area contributed by atoms with E-state index in [1.165, 1.54) is 44.5 Å². The van der Waals surface area contributed by atoms with Crippen molar-refractivity contribution in [3.63, 3.8) is 0 Å². The number of hydrogen-bond acceptors (Lipinski definition) is 4. The Bertz CT molecular complexity index is 396. The quantitative estimate of drug-likeness (QED) is 0.747. The summed E-state index contributed by atoms with van der Waals surface area (Å²) in [7, 11) is 4.43. The summed E-state index contributed by atoms with van der Waals surface area (Å²) < 4.78 is 5.68. The molecule has 0 unspecified atom stereocenters. The Morgan fingerprint density at radius 3 is 2.86 bits per heavy atom. The summed E-state index contributed by atoms with van der Waals surface area (Å²) in [5.74, 6) is 1.96. The van der Waals surface area contributed by atoms with Crippen molar-refractivity contribution >= 4 is 0 Å². The molecule has 1 aromatic heterocycles. The molecular formula is C17H31N3O. The molecule has 1 aromatic rings. The van der Waals surface area contributed by atoms with Crippen LogP contribution in [0.5, 0.6) is 0 Å². The fourth-order valence-corrected chi connectivity index (χ4v) is 3.06. The van der Waals surface area contributed by atoms with Crippen molar-refractivity contribution in [2.24, 2.45) is 5.92 Å². The Balaban J connectivity index is 1.77. The summed E-state index contributed by atoms with van der Waals surface area (Å²) in [5, 5.41) is 3.45. The van der Waals surface area contributed by atoms with Crippen molar-refractivity contribution < 1.29 is 4.42 Å². The van der Waals surface area contributed by atoms with Crippen molar-refractivity contribution in [3.05, 3.63) is 23.7 Å².